The van der Waals surface area contributed by atoms with Gasteiger partial charge in [0.05, 0.1) is 16.9 Å². The number of para-hydroxylation sites is 1. The number of rotatable bonds is 4. The molecule has 10 heteroatoms. The maximum atomic E-state index is 12.4. The van der Waals surface area contributed by atoms with E-state index in [1.165, 1.54) is 18.2 Å². The molecule has 0 bridgehead atoms. The highest BCUT2D eigenvalue weighted by Crippen LogP contribution is 2.26. The fraction of sp³-hybridized carbons (Fsp3) is 0.100. The maximum Gasteiger partial charge on any atom is 0.296 e. The van der Waals surface area contributed by atoms with E-state index >= 15 is 0 Å². The van der Waals surface area contributed by atoms with Crippen molar-refractivity contribution in [1.82, 2.24) is 4.98 Å². The Morgan fingerprint density at radius 1 is 1.03 bits per heavy atom. The second-order valence-corrected chi connectivity index (χ2v) is 8.24. The van der Waals surface area contributed by atoms with Gasteiger partial charge in [0.1, 0.15) is 10.2 Å². The van der Waals surface area contributed by atoms with Crippen molar-refractivity contribution < 1.29 is 17.4 Å². The van der Waals surface area contributed by atoms with E-state index in [2.05, 4.69) is 10.3 Å². The van der Waals surface area contributed by atoms with Crippen molar-refractivity contribution in [3.63, 3.8) is 0 Å². The van der Waals surface area contributed by atoms with Gasteiger partial charge in [0.25, 0.3) is 15.5 Å². The molecule has 2 aromatic rings. The van der Waals surface area contributed by atoms with E-state index < -0.39 is 21.0 Å². The molecule has 1 aliphatic carbocycles. The number of hydrogen-bond acceptors (Lipinski definition) is 7. The van der Waals surface area contributed by atoms with E-state index in [-0.39, 0.29) is 27.0 Å². The van der Waals surface area contributed by atoms with Crippen LogP contribution < -0.4 is 21.1 Å². The summed E-state index contributed by atoms with van der Waals surface area (Å²) in [5, 5.41) is 3.00. The molecule has 9 nitrogen and oxygen atoms in total. The molecule has 0 unspecified atom stereocenters. The minimum Gasteiger partial charge on any atom is -0.449 e. The highest BCUT2D eigenvalue weighted by Gasteiger charge is 2.17. The molecule has 0 spiro atoms. The number of aromatic nitrogens is 1. The van der Waals surface area contributed by atoms with Gasteiger partial charge in [-0.15, -0.1) is 0 Å². The number of anilines is 3. The Balaban J connectivity index is 2.01. The van der Waals surface area contributed by atoms with Crippen molar-refractivity contribution in [2.75, 3.05) is 24.3 Å². The fourth-order valence-corrected chi connectivity index (χ4v) is 3.75. The standard InChI is InChI=1S/C20H17N3O6S/c1-23(2)11-7-8-12-16(9-11)29-20-18(22-12)14(10-15(24)19(20)25)21-13-5-3-4-6-17(13)30(26,27)28/h3-10,21-22H,1-2H3,(H,26,27,28). The van der Waals surface area contributed by atoms with Crippen LogP contribution in [-0.4, -0.2) is 32.0 Å². The van der Waals surface area contributed by atoms with Crippen LogP contribution in [-0.2, 0) is 10.1 Å². The Hall–Kier alpha value is -3.63. The molecule has 154 valence electrons. The van der Waals surface area contributed by atoms with E-state index in [9.17, 15) is 22.6 Å². The van der Waals surface area contributed by atoms with Gasteiger partial charge in [0, 0.05) is 31.9 Å². The summed E-state index contributed by atoms with van der Waals surface area (Å²) in [7, 11) is -0.800. The lowest BCUT2D eigenvalue weighted by Crippen LogP contribution is -2.25. The molecule has 0 saturated carbocycles. The summed E-state index contributed by atoms with van der Waals surface area (Å²) < 4.78 is 38.5. The average Bonchev–Trinajstić information content (AvgIpc) is 2.70. The molecular formula is C20H17N3O6S. The summed E-state index contributed by atoms with van der Waals surface area (Å²) in [4.78, 5) is 29.2. The molecule has 1 aliphatic heterocycles. The number of H-pyrrole nitrogens is 1. The van der Waals surface area contributed by atoms with Crippen LogP contribution in [0.5, 0.6) is 0 Å². The van der Waals surface area contributed by atoms with Gasteiger partial charge in [-0.2, -0.15) is 8.42 Å². The lowest BCUT2D eigenvalue weighted by Gasteiger charge is -2.13. The van der Waals surface area contributed by atoms with Crippen LogP contribution in [0.15, 0.2) is 67.4 Å². The SMILES string of the molecule is CN(C)c1ccc2[nH]c3c(Nc4ccccc4S(=O)(=O)O)cc(=O)c(=O)c=3oc2c1. The van der Waals surface area contributed by atoms with Crippen LogP contribution in [0.3, 0.4) is 0 Å². The summed E-state index contributed by atoms with van der Waals surface area (Å²) in [6.45, 7) is 0. The van der Waals surface area contributed by atoms with E-state index in [1.54, 1.807) is 18.2 Å². The Morgan fingerprint density at radius 3 is 2.47 bits per heavy atom. The van der Waals surface area contributed by atoms with Gasteiger partial charge in [-0.3, -0.25) is 14.1 Å². The predicted molar refractivity (Wildman–Crippen MR) is 112 cm³/mol. The molecule has 0 aromatic heterocycles. The van der Waals surface area contributed by atoms with Gasteiger partial charge in [-0.05, 0) is 24.3 Å². The van der Waals surface area contributed by atoms with Gasteiger partial charge < -0.3 is 19.6 Å². The number of nitrogens with one attached hydrogen (secondary N) is 2. The molecule has 0 fully saturated rings. The van der Waals surface area contributed by atoms with Crippen LogP contribution in [0, 0.1) is 10.8 Å². The molecule has 0 saturated heterocycles. The van der Waals surface area contributed by atoms with Gasteiger partial charge in [-0.25, -0.2) is 0 Å². The first-order valence-electron chi connectivity index (χ1n) is 8.80. The summed E-state index contributed by atoms with van der Waals surface area (Å²) in [6.07, 6.45) is 0. The molecule has 30 heavy (non-hydrogen) atoms. The highest BCUT2D eigenvalue weighted by molar-refractivity contribution is 7.86. The minimum absolute atomic E-state index is 0.0378. The van der Waals surface area contributed by atoms with Crippen molar-refractivity contribution in [3.8, 4) is 0 Å². The monoisotopic (exact) mass is 427 g/mol. The van der Waals surface area contributed by atoms with Crippen molar-refractivity contribution in [1.29, 1.82) is 0 Å². The van der Waals surface area contributed by atoms with Crippen LogP contribution in [0.25, 0.3) is 11.1 Å². The third-order valence-corrected chi connectivity index (χ3v) is 5.50. The molecule has 3 N–H and O–H groups in total. The van der Waals surface area contributed by atoms with Crippen molar-refractivity contribution in [2.45, 2.75) is 4.90 Å². The van der Waals surface area contributed by atoms with Gasteiger partial charge in [-0.1, -0.05) is 12.1 Å². The van der Waals surface area contributed by atoms with E-state index in [4.69, 9.17) is 4.42 Å². The Bertz CT molecular complexity index is 1570. The third-order valence-electron chi connectivity index (χ3n) is 4.59. The first-order chi connectivity index (χ1) is 14.1. The second kappa shape index (κ2) is 7.01. The van der Waals surface area contributed by atoms with Crippen LogP contribution in [0.4, 0.5) is 17.1 Å². The molecule has 0 radical (unpaired) electrons. The fourth-order valence-electron chi connectivity index (χ4n) is 3.10. The lowest BCUT2D eigenvalue weighted by atomic mass is 10.2. The normalized spacial score (nSPS) is 11.7. The summed E-state index contributed by atoms with van der Waals surface area (Å²) >= 11 is 0. The molecule has 2 aromatic carbocycles. The Morgan fingerprint density at radius 2 is 1.77 bits per heavy atom. The number of benzene rings is 2. The van der Waals surface area contributed by atoms with Crippen molar-refractivity contribution in [3.05, 3.63) is 79.7 Å². The molecular weight excluding hydrogens is 410 g/mol. The quantitative estimate of drug-likeness (QED) is 0.334. The summed E-state index contributed by atoms with van der Waals surface area (Å²) in [6, 6.07) is 12.0. The van der Waals surface area contributed by atoms with Crippen molar-refractivity contribution >= 4 is 38.3 Å². The average molecular weight is 427 g/mol. The smallest absolute Gasteiger partial charge is 0.296 e. The number of fused-ring (bicyclic) bond motifs is 1. The lowest BCUT2D eigenvalue weighted by molar-refractivity contribution is 0.483. The molecule has 1 heterocycles. The largest absolute Gasteiger partial charge is 0.449 e. The van der Waals surface area contributed by atoms with Crippen LogP contribution in [0.2, 0.25) is 0 Å². The molecule has 2 aliphatic rings. The summed E-state index contributed by atoms with van der Waals surface area (Å²) in [5.41, 5.74) is 0.103. The highest BCUT2D eigenvalue weighted by atomic mass is 32.2. The first-order valence-corrected chi connectivity index (χ1v) is 10.2. The third kappa shape index (κ3) is 3.42. The number of nitrogens with zero attached hydrogens (tertiary/aromatic N) is 1. The van der Waals surface area contributed by atoms with Gasteiger partial charge in [0.2, 0.25) is 10.8 Å². The molecule has 0 atom stereocenters. The molecule has 0 amide bonds. The Kier molecular flexibility index (Phi) is 4.60. The topological polar surface area (TPSA) is 133 Å². The van der Waals surface area contributed by atoms with Crippen LogP contribution >= 0.6 is 0 Å². The summed E-state index contributed by atoms with van der Waals surface area (Å²) in [5.74, 6) is 0. The van der Waals surface area contributed by atoms with E-state index in [1.807, 2.05) is 25.1 Å². The van der Waals surface area contributed by atoms with Crippen molar-refractivity contribution in [2.24, 2.45) is 0 Å². The number of aromatic amines is 1. The predicted octanol–water partition coefficient (Wildman–Crippen LogP) is 2.26. The van der Waals surface area contributed by atoms with Gasteiger partial charge >= 0.3 is 0 Å². The van der Waals surface area contributed by atoms with E-state index in [0.717, 1.165) is 11.8 Å². The number of hydrogen-bond donors (Lipinski definition) is 3. The molecule has 4 rings (SSSR count). The first kappa shape index (κ1) is 19.7. The zero-order valence-corrected chi connectivity index (χ0v) is 16.8. The van der Waals surface area contributed by atoms with Crippen LogP contribution in [0.1, 0.15) is 0 Å². The van der Waals surface area contributed by atoms with E-state index in [0.29, 0.717) is 11.1 Å². The zero-order chi connectivity index (χ0) is 21.6. The zero-order valence-electron chi connectivity index (χ0n) is 16.0. The maximum absolute atomic E-state index is 12.4. The Labute approximate surface area is 170 Å². The second-order valence-electron chi connectivity index (χ2n) is 6.85. The van der Waals surface area contributed by atoms with Gasteiger partial charge in [0.15, 0.2) is 5.58 Å². The minimum atomic E-state index is -4.51.